The van der Waals surface area contributed by atoms with E-state index in [1.807, 2.05) is 19.9 Å². The molecule has 1 aromatic rings. The van der Waals surface area contributed by atoms with E-state index < -0.39 is 143 Å². The Bertz CT molecular complexity index is 2280. The van der Waals surface area contributed by atoms with Gasteiger partial charge in [0, 0.05) is 36.9 Å². The van der Waals surface area contributed by atoms with Crippen molar-refractivity contribution in [3.8, 4) is 5.75 Å². The van der Waals surface area contributed by atoms with Crippen molar-refractivity contribution < 1.29 is 87.3 Å². The quantitative estimate of drug-likeness (QED) is 0.110. The Morgan fingerprint density at radius 2 is 1.63 bits per heavy atom. The molecule has 0 radical (unpaired) electrons. The number of aliphatic hydroxyl groups is 4. The second kappa shape index (κ2) is 19.9. The minimum absolute atomic E-state index is 0.00658. The Balaban J connectivity index is 1.10. The van der Waals surface area contributed by atoms with Crippen molar-refractivity contribution in [1.82, 2.24) is 0 Å². The maximum Gasteiger partial charge on any atom is 0.379 e. The summed E-state index contributed by atoms with van der Waals surface area (Å²) in [6, 6.07) is 5.09. The van der Waals surface area contributed by atoms with Crippen LogP contribution in [0.2, 0.25) is 0 Å². The van der Waals surface area contributed by atoms with Gasteiger partial charge in [-0.3, -0.25) is 4.79 Å². The summed E-state index contributed by atoms with van der Waals surface area (Å²) in [4.78, 5) is 55.4. The van der Waals surface area contributed by atoms with Gasteiger partial charge in [-0.1, -0.05) is 56.5 Å². The summed E-state index contributed by atoms with van der Waals surface area (Å²) in [7, 11) is 2.89. The molecule has 1 saturated carbocycles. The number of methoxy groups -OCH3 is 2. The largest absolute Gasteiger partial charge is 0.505 e. The number of aliphatic hydroxyl groups excluding tert-OH is 4. The van der Waals surface area contributed by atoms with E-state index in [1.54, 1.807) is 58.9 Å². The van der Waals surface area contributed by atoms with Crippen molar-refractivity contribution in [1.29, 1.82) is 0 Å². The number of carbonyl (C=O) groups is 4. The van der Waals surface area contributed by atoms with Gasteiger partial charge < -0.3 is 68.2 Å². The fourth-order valence-corrected chi connectivity index (χ4v) is 13.0. The Hall–Kier alpha value is -4.40. The first-order valence-corrected chi connectivity index (χ1v) is 24.7. The van der Waals surface area contributed by atoms with E-state index in [2.05, 4.69) is 0 Å². The fourth-order valence-electron chi connectivity index (χ4n) is 13.0. The SMILES string of the molecule is CC[C@@H]1C[C@@]23OC(=O)C(=C2O)OC(=O)[C@]2(C)[C@H](CCCC[C@]3(C)C=C1C(=O)O)C(C)=C[C@@H]1[C@@H](O[C@@H]3OC(C)[C@H](OC(=O)c4c(C)cccc4OC)[C@H](O[C@H]4C[C@@H](O)[C@@H](OC)[C@@H](C)O4)[C@@H]3O)[C@@H](O)CC[C@H]12. The third-order valence-electron chi connectivity index (χ3n) is 16.9. The van der Waals surface area contributed by atoms with Crippen LogP contribution in [0.4, 0.5) is 0 Å². The van der Waals surface area contributed by atoms with Crippen molar-refractivity contribution in [3.63, 3.8) is 0 Å². The minimum Gasteiger partial charge on any atom is -0.505 e. The van der Waals surface area contributed by atoms with Crippen molar-refractivity contribution in [3.05, 3.63) is 64.1 Å². The zero-order valence-corrected chi connectivity index (χ0v) is 41.5. The third-order valence-corrected chi connectivity index (χ3v) is 16.9. The summed E-state index contributed by atoms with van der Waals surface area (Å²) >= 11 is 0. The van der Waals surface area contributed by atoms with Gasteiger partial charge in [0.15, 0.2) is 30.0 Å². The van der Waals surface area contributed by atoms with Crippen molar-refractivity contribution in [2.24, 2.45) is 34.5 Å². The molecule has 0 aromatic heterocycles. The van der Waals surface area contributed by atoms with Gasteiger partial charge in [0.25, 0.3) is 5.76 Å². The molecule has 18 nitrogen and oxygen atoms in total. The fraction of sp³-hybridized carbons (Fsp3) is 0.692. The molecule has 4 heterocycles. The maximum absolute atomic E-state index is 15.1. The Kier molecular flexibility index (Phi) is 14.8. The van der Waals surface area contributed by atoms with Gasteiger partial charge in [-0.2, -0.15) is 0 Å². The summed E-state index contributed by atoms with van der Waals surface area (Å²) in [5.41, 5.74) is -2.39. The van der Waals surface area contributed by atoms with Crippen LogP contribution >= 0.6 is 0 Å². The Morgan fingerprint density at radius 3 is 2.30 bits per heavy atom. The molecule has 4 aliphatic heterocycles. The number of allylic oxidation sites excluding steroid dienone is 1. The number of carboxylic acids is 1. The number of carboxylic acid groups (broad SMARTS) is 1. The first-order valence-electron chi connectivity index (χ1n) is 24.7. The van der Waals surface area contributed by atoms with E-state index in [1.165, 1.54) is 14.2 Å². The number of ether oxygens (including phenoxy) is 9. The van der Waals surface area contributed by atoms with Crippen molar-refractivity contribution >= 4 is 23.9 Å². The van der Waals surface area contributed by atoms with Gasteiger partial charge in [0.05, 0.1) is 43.0 Å². The van der Waals surface area contributed by atoms with Gasteiger partial charge in [-0.15, -0.1) is 0 Å². The number of esters is 3. The predicted octanol–water partition coefficient (Wildman–Crippen LogP) is 5.52. The molecule has 18 atom stereocenters. The highest BCUT2D eigenvalue weighted by Gasteiger charge is 2.65. The first kappa shape index (κ1) is 51.9. The van der Waals surface area contributed by atoms with Crippen LogP contribution in [-0.2, 0) is 52.3 Å². The second-order valence-electron chi connectivity index (χ2n) is 20.9. The van der Waals surface area contributed by atoms with Gasteiger partial charge in [-0.25, -0.2) is 14.4 Å². The number of hydrogen-bond donors (Lipinski definition) is 5. The Labute approximate surface area is 408 Å². The molecule has 1 spiro atoms. The number of carbonyl (C=O) groups excluding carboxylic acids is 3. The summed E-state index contributed by atoms with van der Waals surface area (Å²) < 4.78 is 54.8. The molecule has 2 saturated heterocycles. The minimum atomic E-state index is -1.67. The van der Waals surface area contributed by atoms with E-state index in [9.17, 15) is 39.9 Å². The highest BCUT2D eigenvalue weighted by Crippen LogP contribution is 2.60. The van der Waals surface area contributed by atoms with Crippen LogP contribution in [0.5, 0.6) is 5.75 Å². The molecule has 5 N–H and O–H groups in total. The summed E-state index contributed by atoms with van der Waals surface area (Å²) in [6.45, 7) is 12.4. The molecule has 18 heteroatoms. The number of rotatable bonds is 10. The summed E-state index contributed by atoms with van der Waals surface area (Å²) in [5.74, 6) is -6.71. The van der Waals surface area contributed by atoms with Gasteiger partial charge in [-0.05, 0) is 96.1 Å². The molecule has 386 valence electrons. The lowest BCUT2D eigenvalue weighted by atomic mass is 9.52. The molecule has 3 aliphatic carbocycles. The van der Waals surface area contributed by atoms with Gasteiger partial charge in [0.2, 0.25) is 0 Å². The van der Waals surface area contributed by atoms with Crippen LogP contribution in [0.25, 0.3) is 0 Å². The highest BCUT2D eigenvalue weighted by atomic mass is 16.7. The van der Waals surface area contributed by atoms with E-state index >= 15 is 4.79 Å². The number of aliphatic carboxylic acids is 1. The van der Waals surface area contributed by atoms with Gasteiger partial charge in [0.1, 0.15) is 29.6 Å². The van der Waals surface area contributed by atoms with Gasteiger partial charge >= 0.3 is 23.9 Å². The second-order valence-corrected chi connectivity index (χ2v) is 20.9. The lowest BCUT2D eigenvalue weighted by Gasteiger charge is -2.54. The van der Waals surface area contributed by atoms with Crippen LogP contribution < -0.4 is 4.74 Å². The molecule has 8 rings (SSSR count). The molecular weight excluding hydrogens is 913 g/mol. The predicted molar refractivity (Wildman–Crippen MR) is 246 cm³/mol. The van der Waals surface area contributed by atoms with Crippen LogP contribution in [-0.4, -0.2) is 137 Å². The molecule has 1 aromatic carbocycles. The molecular formula is C52H70O18. The highest BCUT2D eigenvalue weighted by molar-refractivity contribution is 5.95. The standard InChI is InChI=1S/C52H70O18/c1-10-28-22-52-44(56)43(47(60)70-52)69-49(61)51(7)31(15-11-12-19-50(52,6)23-30(28)45(57)58)25(3)20-29-32(51)17-18-33(53)41(29)68-48-38(55)42(66-36-21-34(54)39(63-9)26(4)64-36)40(27(5)65-48)67-46(59)37-24(2)14-13-16-35(37)62-8/h13-14,16,20,23,26-29,31-34,36,38-42,48,53-56H,10-12,15,17-19,21-22H2,1-9H3,(H,57,58)/t26-,27?,28-,29+,31-,32-,33+,34-,36+,38+,39+,40+,41-,42-,48+,50-,51-,52-/m1/s1. The Morgan fingerprint density at radius 1 is 0.900 bits per heavy atom. The van der Waals surface area contributed by atoms with Crippen molar-refractivity contribution in [2.45, 2.75) is 179 Å². The molecule has 7 aliphatic rings. The van der Waals surface area contributed by atoms with E-state index in [0.29, 0.717) is 44.1 Å². The first-order chi connectivity index (χ1) is 33.1. The molecule has 3 fully saturated rings. The third kappa shape index (κ3) is 8.77. The molecule has 70 heavy (non-hydrogen) atoms. The number of hydrogen-bond acceptors (Lipinski definition) is 17. The van der Waals surface area contributed by atoms with E-state index in [0.717, 1.165) is 5.57 Å². The molecule has 0 amide bonds. The van der Waals surface area contributed by atoms with E-state index in [4.69, 9.17) is 42.6 Å². The zero-order chi connectivity index (χ0) is 50.8. The normalized spacial score (nSPS) is 42.0. The molecule has 2 bridgehead atoms. The van der Waals surface area contributed by atoms with Crippen molar-refractivity contribution in [2.75, 3.05) is 14.2 Å². The topological polar surface area (TPSA) is 252 Å². The van der Waals surface area contributed by atoms with Crippen LogP contribution in [0.15, 0.2) is 53.0 Å². The van der Waals surface area contributed by atoms with E-state index in [-0.39, 0.29) is 36.1 Å². The average molecular weight is 983 g/mol. The van der Waals surface area contributed by atoms with Crippen LogP contribution in [0.1, 0.15) is 115 Å². The molecule has 1 unspecified atom stereocenters. The average Bonchev–Trinajstić information content (AvgIpc) is 3.54. The van der Waals surface area contributed by atoms with Crippen LogP contribution in [0.3, 0.4) is 0 Å². The monoisotopic (exact) mass is 982 g/mol. The zero-order valence-electron chi connectivity index (χ0n) is 41.5. The number of benzene rings is 1. The summed E-state index contributed by atoms with van der Waals surface area (Å²) in [5, 5.41) is 57.4. The summed E-state index contributed by atoms with van der Waals surface area (Å²) in [6.07, 6.45) is -5.78. The lowest BCUT2D eigenvalue weighted by Crippen LogP contribution is -2.63. The maximum atomic E-state index is 15.1. The number of aryl methyl sites for hydroxylation is 1. The smallest absolute Gasteiger partial charge is 0.379 e. The lowest BCUT2D eigenvalue weighted by molar-refractivity contribution is -0.349. The van der Waals surface area contributed by atoms with Crippen LogP contribution in [0, 0.1) is 41.4 Å². The number of fused-ring (bicyclic) bond motifs is 3.